The maximum Gasteiger partial charge on any atom is 0.306 e. The molecule has 406 valence electrons. The smallest absolute Gasteiger partial charge is 0.306 e. The van der Waals surface area contributed by atoms with Gasteiger partial charge in [-0.3, -0.25) is 14.4 Å². The summed E-state index contributed by atoms with van der Waals surface area (Å²) in [5.74, 6) is -0.880. The Balaban J connectivity index is 4.29. The van der Waals surface area contributed by atoms with Crippen molar-refractivity contribution in [3.05, 3.63) is 60.8 Å². The molecule has 0 N–H and O–H groups in total. The SMILES string of the molecule is CC/C=C\C/C=C\C/C=C\C/C=C\CCCCCCCCCCC(=O)OCC(COC(=O)CCCCCCC/C=C\CCCC)OC(=O)CCCCCCCCCCCCCCCCCCCCCC. The zero-order valence-corrected chi connectivity index (χ0v) is 46.5. The Labute approximate surface area is 434 Å². The van der Waals surface area contributed by atoms with E-state index in [1.165, 1.54) is 173 Å². The first-order valence-corrected chi connectivity index (χ1v) is 30.3. The van der Waals surface area contributed by atoms with E-state index in [0.717, 1.165) is 96.3 Å². The molecule has 0 saturated heterocycles. The number of carbonyl (C=O) groups excluding carboxylic acids is 3. The predicted octanol–water partition coefficient (Wildman–Crippen LogP) is 20.4. The Kier molecular flexibility index (Phi) is 56.3. The summed E-state index contributed by atoms with van der Waals surface area (Å²) in [4.78, 5) is 38.2. The summed E-state index contributed by atoms with van der Waals surface area (Å²) in [6.45, 7) is 6.51. The number of hydrogen-bond acceptors (Lipinski definition) is 6. The van der Waals surface area contributed by atoms with Crippen molar-refractivity contribution in [2.45, 2.75) is 316 Å². The highest BCUT2D eigenvalue weighted by molar-refractivity contribution is 5.71. The zero-order chi connectivity index (χ0) is 50.7. The molecule has 0 aliphatic heterocycles. The van der Waals surface area contributed by atoms with Gasteiger partial charge in [-0.1, -0.05) is 274 Å². The number of allylic oxidation sites excluding steroid dienone is 10. The summed E-state index contributed by atoms with van der Waals surface area (Å²) in [5, 5.41) is 0. The maximum atomic E-state index is 12.9. The monoisotopic (exact) mass is 979 g/mol. The van der Waals surface area contributed by atoms with E-state index in [0.29, 0.717) is 19.3 Å². The number of hydrogen-bond donors (Lipinski definition) is 0. The fourth-order valence-corrected chi connectivity index (χ4v) is 8.71. The molecule has 0 amide bonds. The summed E-state index contributed by atoms with van der Waals surface area (Å²) >= 11 is 0. The van der Waals surface area contributed by atoms with Gasteiger partial charge in [0.15, 0.2) is 6.10 Å². The summed E-state index contributed by atoms with van der Waals surface area (Å²) in [6.07, 6.45) is 73.6. The van der Waals surface area contributed by atoms with Crippen LogP contribution in [-0.4, -0.2) is 37.2 Å². The third-order valence-electron chi connectivity index (χ3n) is 13.3. The molecular formula is C64H114O6. The highest BCUT2D eigenvalue weighted by Gasteiger charge is 2.19. The van der Waals surface area contributed by atoms with E-state index in [4.69, 9.17) is 14.2 Å². The number of ether oxygens (including phenoxy) is 3. The van der Waals surface area contributed by atoms with E-state index in [2.05, 4.69) is 81.5 Å². The lowest BCUT2D eigenvalue weighted by molar-refractivity contribution is -0.167. The largest absolute Gasteiger partial charge is 0.462 e. The van der Waals surface area contributed by atoms with E-state index < -0.39 is 6.10 Å². The van der Waals surface area contributed by atoms with Gasteiger partial charge < -0.3 is 14.2 Å². The Morgan fingerprint density at radius 1 is 0.300 bits per heavy atom. The van der Waals surface area contributed by atoms with Crippen molar-refractivity contribution in [2.24, 2.45) is 0 Å². The van der Waals surface area contributed by atoms with Gasteiger partial charge in [0.1, 0.15) is 13.2 Å². The van der Waals surface area contributed by atoms with Crippen LogP contribution >= 0.6 is 0 Å². The van der Waals surface area contributed by atoms with Gasteiger partial charge in [0, 0.05) is 19.3 Å². The van der Waals surface area contributed by atoms with Crippen LogP contribution in [0.5, 0.6) is 0 Å². The standard InChI is InChI=1S/C64H114O6/c1-4-7-10-13-16-19-22-24-26-28-30-32-34-35-37-39-42-45-48-51-54-57-63(66)69-60-61(59-68-62(65)56-53-50-47-44-41-21-18-15-12-9-6-3)70-64(67)58-55-52-49-46-43-40-38-36-33-31-29-27-25-23-20-17-14-11-8-5-2/h7,10,15-16,18-19,24,26,30,32,61H,4-6,8-9,11-14,17,20-23,25,27-29,31,33-60H2,1-3H3/b10-7-,18-15-,19-16-,26-24-,32-30-. The van der Waals surface area contributed by atoms with Crippen LogP contribution in [0, 0.1) is 0 Å². The number of esters is 3. The van der Waals surface area contributed by atoms with Crippen molar-refractivity contribution in [1.82, 2.24) is 0 Å². The number of rotatable bonds is 55. The second-order valence-corrected chi connectivity index (χ2v) is 20.2. The molecule has 0 aromatic rings. The van der Waals surface area contributed by atoms with Gasteiger partial charge in [-0.15, -0.1) is 0 Å². The highest BCUT2D eigenvalue weighted by atomic mass is 16.6. The van der Waals surface area contributed by atoms with Crippen molar-refractivity contribution in [3.8, 4) is 0 Å². The molecule has 0 aromatic heterocycles. The average molecular weight is 980 g/mol. The fraction of sp³-hybridized carbons (Fsp3) is 0.797. The van der Waals surface area contributed by atoms with Crippen LogP contribution in [0.1, 0.15) is 310 Å². The topological polar surface area (TPSA) is 78.9 Å². The molecular weight excluding hydrogens is 865 g/mol. The van der Waals surface area contributed by atoms with Crippen LogP contribution in [-0.2, 0) is 28.6 Å². The van der Waals surface area contributed by atoms with E-state index in [1.807, 2.05) is 0 Å². The second-order valence-electron chi connectivity index (χ2n) is 20.2. The first kappa shape index (κ1) is 67.1. The van der Waals surface area contributed by atoms with Crippen molar-refractivity contribution >= 4 is 17.9 Å². The number of unbranched alkanes of at least 4 members (excludes halogenated alkanes) is 34. The molecule has 1 unspecified atom stereocenters. The fourth-order valence-electron chi connectivity index (χ4n) is 8.71. The minimum atomic E-state index is -0.779. The van der Waals surface area contributed by atoms with Gasteiger partial charge in [-0.05, 0) is 77.0 Å². The minimum Gasteiger partial charge on any atom is -0.462 e. The van der Waals surface area contributed by atoms with Crippen molar-refractivity contribution < 1.29 is 28.6 Å². The molecule has 70 heavy (non-hydrogen) atoms. The van der Waals surface area contributed by atoms with Crippen molar-refractivity contribution in [3.63, 3.8) is 0 Å². The molecule has 6 heteroatoms. The van der Waals surface area contributed by atoms with Crippen molar-refractivity contribution in [2.75, 3.05) is 13.2 Å². The summed E-state index contributed by atoms with van der Waals surface area (Å²) in [7, 11) is 0. The van der Waals surface area contributed by atoms with Crippen LogP contribution in [0.4, 0.5) is 0 Å². The molecule has 0 aliphatic carbocycles. The Hall–Kier alpha value is -2.89. The van der Waals surface area contributed by atoms with E-state index in [9.17, 15) is 14.4 Å². The predicted molar refractivity (Wildman–Crippen MR) is 302 cm³/mol. The lowest BCUT2D eigenvalue weighted by Gasteiger charge is -2.18. The average Bonchev–Trinajstić information content (AvgIpc) is 3.36. The molecule has 0 fully saturated rings. The molecule has 0 radical (unpaired) electrons. The van der Waals surface area contributed by atoms with Crippen LogP contribution in [0.25, 0.3) is 0 Å². The Morgan fingerprint density at radius 3 is 0.929 bits per heavy atom. The first-order chi connectivity index (χ1) is 34.5. The number of carbonyl (C=O) groups is 3. The minimum absolute atomic E-state index is 0.0785. The quantitative estimate of drug-likeness (QED) is 0.0261. The maximum absolute atomic E-state index is 12.9. The van der Waals surface area contributed by atoms with Gasteiger partial charge >= 0.3 is 17.9 Å². The summed E-state index contributed by atoms with van der Waals surface area (Å²) in [5.41, 5.74) is 0. The van der Waals surface area contributed by atoms with Gasteiger partial charge in [-0.2, -0.15) is 0 Å². The third-order valence-corrected chi connectivity index (χ3v) is 13.3. The van der Waals surface area contributed by atoms with Crippen LogP contribution in [0.3, 0.4) is 0 Å². The lowest BCUT2D eigenvalue weighted by Crippen LogP contribution is -2.30. The molecule has 0 rings (SSSR count). The van der Waals surface area contributed by atoms with Gasteiger partial charge in [-0.25, -0.2) is 0 Å². The highest BCUT2D eigenvalue weighted by Crippen LogP contribution is 2.17. The van der Waals surface area contributed by atoms with Gasteiger partial charge in [0.25, 0.3) is 0 Å². The van der Waals surface area contributed by atoms with E-state index >= 15 is 0 Å². The third kappa shape index (κ3) is 56.0. The summed E-state index contributed by atoms with van der Waals surface area (Å²) < 4.78 is 16.9. The van der Waals surface area contributed by atoms with E-state index in [1.54, 1.807) is 0 Å². The van der Waals surface area contributed by atoms with Gasteiger partial charge in [0.05, 0.1) is 0 Å². The van der Waals surface area contributed by atoms with Gasteiger partial charge in [0.2, 0.25) is 0 Å². The molecule has 1 atom stereocenters. The second kappa shape index (κ2) is 58.7. The van der Waals surface area contributed by atoms with Crippen molar-refractivity contribution in [1.29, 1.82) is 0 Å². The molecule has 0 aliphatic rings. The lowest BCUT2D eigenvalue weighted by atomic mass is 10.0. The zero-order valence-electron chi connectivity index (χ0n) is 46.5. The van der Waals surface area contributed by atoms with Crippen LogP contribution < -0.4 is 0 Å². The van der Waals surface area contributed by atoms with E-state index in [-0.39, 0.29) is 31.1 Å². The molecule has 0 saturated carbocycles. The van der Waals surface area contributed by atoms with Crippen LogP contribution in [0.15, 0.2) is 60.8 Å². The Bertz CT molecular complexity index is 1260. The molecule has 0 bridgehead atoms. The molecule has 0 aromatic carbocycles. The first-order valence-electron chi connectivity index (χ1n) is 30.3. The Morgan fingerprint density at radius 2 is 0.571 bits per heavy atom. The molecule has 0 heterocycles. The molecule has 6 nitrogen and oxygen atoms in total. The normalized spacial score (nSPS) is 12.4. The molecule has 0 spiro atoms. The van der Waals surface area contributed by atoms with Crippen LogP contribution in [0.2, 0.25) is 0 Å². The summed E-state index contributed by atoms with van der Waals surface area (Å²) in [6, 6.07) is 0.